The molecule has 0 radical (unpaired) electrons. The van der Waals surface area contributed by atoms with Crippen molar-refractivity contribution < 1.29 is 14.7 Å². The number of thiazole rings is 1. The Bertz CT molecular complexity index is 675. The molecule has 0 saturated heterocycles. The second-order valence-corrected chi connectivity index (χ2v) is 5.81. The Morgan fingerprint density at radius 3 is 2.76 bits per heavy atom. The van der Waals surface area contributed by atoms with Gasteiger partial charge in [0.25, 0.3) is 5.91 Å². The van der Waals surface area contributed by atoms with Crippen LogP contribution in [0.5, 0.6) is 0 Å². The lowest BCUT2D eigenvalue weighted by Crippen LogP contribution is -2.40. The van der Waals surface area contributed by atoms with Gasteiger partial charge < -0.3 is 15.0 Å². The van der Waals surface area contributed by atoms with Gasteiger partial charge in [0, 0.05) is 24.2 Å². The van der Waals surface area contributed by atoms with Gasteiger partial charge in [-0.25, -0.2) is 9.78 Å². The zero-order chi connectivity index (χ0) is 15.6. The Hall–Kier alpha value is -2.15. The van der Waals surface area contributed by atoms with E-state index in [9.17, 15) is 9.59 Å². The molecule has 1 unspecified atom stereocenters. The Morgan fingerprint density at radius 1 is 1.52 bits per heavy atom. The molecular formula is C14H17N3O3S. The SMILES string of the molecule is CCC(NC(=O)c1cc(-c2csc(C)n2)cn1C)C(=O)O. The minimum Gasteiger partial charge on any atom is -0.480 e. The number of aromatic nitrogens is 2. The van der Waals surface area contributed by atoms with Crippen LogP contribution in [-0.2, 0) is 11.8 Å². The second kappa shape index (κ2) is 6.09. The summed E-state index contributed by atoms with van der Waals surface area (Å²) in [4.78, 5) is 27.5. The highest BCUT2D eigenvalue weighted by molar-refractivity contribution is 7.09. The van der Waals surface area contributed by atoms with Crippen molar-refractivity contribution in [3.05, 3.63) is 28.3 Å². The number of aliphatic carboxylic acids is 1. The molecule has 0 fully saturated rings. The van der Waals surface area contributed by atoms with Crippen LogP contribution >= 0.6 is 11.3 Å². The molecule has 6 nitrogen and oxygen atoms in total. The molecule has 2 N–H and O–H groups in total. The smallest absolute Gasteiger partial charge is 0.326 e. The number of amides is 1. The van der Waals surface area contributed by atoms with Crippen molar-refractivity contribution in [1.82, 2.24) is 14.9 Å². The zero-order valence-corrected chi connectivity index (χ0v) is 12.9. The summed E-state index contributed by atoms with van der Waals surface area (Å²) in [6.07, 6.45) is 2.15. The van der Waals surface area contributed by atoms with E-state index in [0.717, 1.165) is 16.3 Å². The molecule has 2 aromatic rings. The lowest BCUT2D eigenvalue weighted by atomic mass is 10.2. The molecule has 1 atom stereocenters. The molecule has 2 aromatic heterocycles. The molecule has 112 valence electrons. The van der Waals surface area contributed by atoms with E-state index in [4.69, 9.17) is 5.11 Å². The van der Waals surface area contributed by atoms with Crippen LogP contribution in [0.25, 0.3) is 11.3 Å². The van der Waals surface area contributed by atoms with Crippen LogP contribution in [-0.4, -0.2) is 32.6 Å². The molecule has 2 heterocycles. The third-order valence-corrected chi connectivity index (χ3v) is 3.94. The van der Waals surface area contributed by atoms with Gasteiger partial charge in [-0.3, -0.25) is 4.79 Å². The maximum absolute atomic E-state index is 12.2. The number of carbonyl (C=O) groups is 2. The van der Waals surface area contributed by atoms with E-state index in [1.807, 2.05) is 18.5 Å². The summed E-state index contributed by atoms with van der Waals surface area (Å²) in [5.41, 5.74) is 2.07. The summed E-state index contributed by atoms with van der Waals surface area (Å²) >= 11 is 1.54. The lowest BCUT2D eigenvalue weighted by Gasteiger charge is -2.12. The van der Waals surface area contributed by atoms with Crippen molar-refractivity contribution in [3.63, 3.8) is 0 Å². The van der Waals surface area contributed by atoms with Gasteiger partial charge in [0.1, 0.15) is 11.7 Å². The quantitative estimate of drug-likeness (QED) is 0.885. The van der Waals surface area contributed by atoms with Crippen molar-refractivity contribution in [1.29, 1.82) is 0 Å². The average Bonchev–Trinajstić information content (AvgIpc) is 3.01. The van der Waals surface area contributed by atoms with Gasteiger partial charge in [-0.15, -0.1) is 11.3 Å². The van der Waals surface area contributed by atoms with Crippen LogP contribution in [0.15, 0.2) is 17.6 Å². The lowest BCUT2D eigenvalue weighted by molar-refractivity contribution is -0.139. The fraction of sp³-hybridized carbons (Fsp3) is 0.357. The number of hydrogen-bond donors (Lipinski definition) is 2. The van der Waals surface area contributed by atoms with Crippen molar-refractivity contribution in [3.8, 4) is 11.3 Å². The van der Waals surface area contributed by atoms with E-state index in [0.29, 0.717) is 12.1 Å². The number of hydrogen-bond acceptors (Lipinski definition) is 4. The number of rotatable bonds is 5. The van der Waals surface area contributed by atoms with Crippen molar-refractivity contribution in [2.75, 3.05) is 0 Å². The van der Waals surface area contributed by atoms with Crippen molar-refractivity contribution >= 4 is 23.2 Å². The second-order valence-electron chi connectivity index (χ2n) is 4.75. The Morgan fingerprint density at radius 2 is 2.24 bits per heavy atom. The first-order chi connectivity index (χ1) is 9.92. The maximum Gasteiger partial charge on any atom is 0.326 e. The third kappa shape index (κ3) is 3.30. The molecule has 7 heteroatoms. The van der Waals surface area contributed by atoms with E-state index in [1.54, 1.807) is 35.9 Å². The molecule has 0 aliphatic rings. The number of carboxylic acids is 1. The van der Waals surface area contributed by atoms with Crippen LogP contribution in [0, 0.1) is 6.92 Å². The van der Waals surface area contributed by atoms with Gasteiger partial charge in [0.15, 0.2) is 0 Å². The highest BCUT2D eigenvalue weighted by Crippen LogP contribution is 2.23. The van der Waals surface area contributed by atoms with Gasteiger partial charge in [0.05, 0.1) is 10.7 Å². The molecule has 1 amide bonds. The van der Waals surface area contributed by atoms with Crippen LogP contribution in [0.1, 0.15) is 28.8 Å². The summed E-state index contributed by atoms with van der Waals surface area (Å²) in [7, 11) is 1.75. The molecule has 0 bridgehead atoms. The molecule has 2 rings (SSSR count). The van der Waals surface area contributed by atoms with Gasteiger partial charge in [-0.1, -0.05) is 6.92 Å². The zero-order valence-electron chi connectivity index (χ0n) is 12.1. The summed E-state index contributed by atoms with van der Waals surface area (Å²) in [6.45, 7) is 3.64. The Kier molecular flexibility index (Phi) is 4.42. The predicted molar refractivity (Wildman–Crippen MR) is 80.4 cm³/mol. The summed E-state index contributed by atoms with van der Waals surface area (Å²) in [5, 5.41) is 14.4. The Balaban J connectivity index is 2.22. The highest BCUT2D eigenvalue weighted by Gasteiger charge is 2.21. The molecule has 0 saturated carbocycles. The number of carbonyl (C=O) groups excluding carboxylic acids is 1. The highest BCUT2D eigenvalue weighted by atomic mass is 32.1. The van der Waals surface area contributed by atoms with E-state index in [-0.39, 0.29) is 0 Å². The largest absolute Gasteiger partial charge is 0.480 e. The van der Waals surface area contributed by atoms with Crippen LogP contribution < -0.4 is 5.32 Å². The number of carboxylic acid groups (broad SMARTS) is 1. The number of aryl methyl sites for hydroxylation is 2. The fourth-order valence-electron chi connectivity index (χ4n) is 2.00. The van der Waals surface area contributed by atoms with Gasteiger partial charge in [0.2, 0.25) is 0 Å². The monoisotopic (exact) mass is 307 g/mol. The molecular weight excluding hydrogens is 290 g/mol. The van der Waals surface area contributed by atoms with E-state index in [1.165, 1.54) is 0 Å². The van der Waals surface area contributed by atoms with Gasteiger partial charge in [-0.2, -0.15) is 0 Å². The molecule has 21 heavy (non-hydrogen) atoms. The predicted octanol–water partition coefficient (Wildman–Crippen LogP) is 2.05. The summed E-state index contributed by atoms with van der Waals surface area (Å²) < 4.78 is 1.67. The maximum atomic E-state index is 12.2. The molecule has 0 aromatic carbocycles. The number of nitrogens with one attached hydrogen (secondary N) is 1. The van der Waals surface area contributed by atoms with E-state index >= 15 is 0 Å². The minimum atomic E-state index is -1.03. The first-order valence-electron chi connectivity index (χ1n) is 6.55. The molecule has 0 aliphatic carbocycles. The van der Waals surface area contributed by atoms with Crippen molar-refractivity contribution in [2.24, 2.45) is 7.05 Å². The minimum absolute atomic E-state index is 0.337. The van der Waals surface area contributed by atoms with Crippen LogP contribution in [0.4, 0.5) is 0 Å². The summed E-state index contributed by atoms with van der Waals surface area (Å²) in [6, 6.07) is 0.843. The molecule has 0 spiro atoms. The third-order valence-electron chi connectivity index (χ3n) is 3.16. The Labute approximate surface area is 126 Å². The topological polar surface area (TPSA) is 84.2 Å². The molecule has 0 aliphatic heterocycles. The van der Waals surface area contributed by atoms with E-state index < -0.39 is 17.9 Å². The van der Waals surface area contributed by atoms with Crippen LogP contribution in [0.2, 0.25) is 0 Å². The number of nitrogens with zero attached hydrogens (tertiary/aromatic N) is 2. The van der Waals surface area contributed by atoms with Crippen molar-refractivity contribution in [2.45, 2.75) is 26.3 Å². The van der Waals surface area contributed by atoms with E-state index in [2.05, 4.69) is 10.3 Å². The van der Waals surface area contributed by atoms with Gasteiger partial charge >= 0.3 is 5.97 Å². The average molecular weight is 307 g/mol. The van der Waals surface area contributed by atoms with Gasteiger partial charge in [-0.05, 0) is 19.4 Å². The standard InChI is InChI=1S/C14H17N3O3S/c1-4-10(14(19)20)16-13(18)12-5-9(6-17(12)3)11-7-21-8(2)15-11/h5-7,10H,4H2,1-3H3,(H,16,18)(H,19,20). The summed E-state index contributed by atoms with van der Waals surface area (Å²) in [5.74, 6) is -1.43. The first kappa shape index (κ1) is 15.2. The fourth-order valence-corrected chi connectivity index (χ4v) is 2.62. The first-order valence-corrected chi connectivity index (χ1v) is 7.42. The van der Waals surface area contributed by atoms with Crippen LogP contribution in [0.3, 0.4) is 0 Å². The normalized spacial score (nSPS) is 12.1.